The molecule has 0 saturated carbocycles. The zero-order valence-electron chi connectivity index (χ0n) is 9.87. The van der Waals surface area contributed by atoms with Gasteiger partial charge in [0, 0.05) is 6.42 Å². The number of carbonyl (C=O) groups is 2. The van der Waals surface area contributed by atoms with E-state index >= 15 is 0 Å². The van der Waals surface area contributed by atoms with Crippen LogP contribution in [0.3, 0.4) is 0 Å². The van der Waals surface area contributed by atoms with Gasteiger partial charge in [-0.25, -0.2) is 13.6 Å². The fraction of sp³-hybridized carbons (Fsp3) is 0.636. The lowest BCUT2D eigenvalue weighted by Gasteiger charge is -2.40. The van der Waals surface area contributed by atoms with Crippen molar-refractivity contribution in [2.75, 3.05) is 6.61 Å². The summed E-state index contributed by atoms with van der Waals surface area (Å²) in [6.07, 6.45) is -3.50. The summed E-state index contributed by atoms with van der Waals surface area (Å²) in [6, 6.07) is -1.37. The van der Waals surface area contributed by atoms with Crippen molar-refractivity contribution in [2.45, 2.75) is 37.8 Å². The third-order valence-electron chi connectivity index (χ3n) is 2.75. The topological polar surface area (TPSA) is 78.5 Å². The van der Waals surface area contributed by atoms with E-state index in [4.69, 9.17) is 0 Å². The number of carboxylic acid groups (broad SMARTS) is 1. The molecule has 1 aliphatic rings. The van der Waals surface area contributed by atoms with Crippen LogP contribution in [0.2, 0.25) is 0 Å². The summed E-state index contributed by atoms with van der Waals surface area (Å²) in [5, 5.41) is 12.9. The van der Waals surface area contributed by atoms with Crippen molar-refractivity contribution in [3.8, 4) is 0 Å². The predicted molar refractivity (Wildman–Crippen MR) is 55.7 cm³/mol. The molecule has 0 radical (unpaired) electrons. The summed E-state index contributed by atoms with van der Waals surface area (Å²) in [5.74, 6) is -2.72. The molecular formula is C11H14F2NO4-. The highest BCUT2D eigenvalue weighted by molar-refractivity contribution is 5.84. The number of nitrogens with one attached hydrogen (secondary N) is 1. The van der Waals surface area contributed by atoms with Crippen molar-refractivity contribution < 1.29 is 28.2 Å². The minimum absolute atomic E-state index is 0.0454. The Kier molecular flexibility index (Phi) is 4.39. The van der Waals surface area contributed by atoms with Gasteiger partial charge in [-0.1, -0.05) is 12.2 Å². The van der Waals surface area contributed by atoms with E-state index in [-0.39, 0.29) is 25.0 Å². The van der Waals surface area contributed by atoms with Crippen molar-refractivity contribution in [2.24, 2.45) is 0 Å². The predicted octanol–water partition coefficient (Wildman–Crippen LogP) is -0.388. The van der Waals surface area contributed by atoms with E-state index in [0.29, 0.717) is 0 Å². The molecule has 0 aromatic carbocycles. The largest absolute Gasteiger partial charge is 0.548 e. The molecule has 18 heavy (non-hydrogen) atoms. The van der Waals surface area contributed by atoms with Gasteiger partial charge in [-0.3, -0.25) is 5.32 Å². The summed E-state index contributed by atoms with van der Waals surface area (Å²) in [5.41, 5.74) is -2.10. The van der Waals surface area contributed by atoms with E-state index in [1.165, 1.54) is 6.92 Å². The van der Waals surface area contributed by atoms with E-state index in [9.17, 15) is 23.5 Å². The zero-order valence-corrected chi connectivity index (χ0v) is 9.87. The number of esters is 1. The van der Waals surface area contributed by atoms with Gasteiger partial charge in [-0.2, -0.15) is 0 Å². The van der Waals surface area contributed by atoms with E-state index in [1.54, 1.807) is 0 Å². The highest BCUT2D eigenvalue weighted by Crippen LogP contribution is 2.32. The maximum absolute atomic E-state index is 13.1. The van der Waals surface area contributed by atoms with E-state index in [2.05, 4.69) is 16.6 Å². The number of carbonyl (C=O) groups excluding carboxylic acids is 2. The van der Waals surface area contributed by atoms with E-state index in [1.807, 2.05) is 0 Å². The van der Waals surface area contributed by atoms with Crippen molar-refractivity contribution >= 4 is 11.9 Å². The molecule has 102 valence electrons. The molecule has 1 heterocycles. The second kappa shape index (κ2) is 5.43. The minimum atomic E-state index is -3.10. The number of ether oxygens (including phenoxy) is 1. The fourth-order valence-electron chi connectivity index (χ4n) is 1.93. The zero-order chi connectivity index (χ0) is 13.9. The quantitative estimate of drug-likeness (QED) is 0.551. The molecule has 0 bridgehead atoms. The van der Waals surface area contributed by atoms with Crippen LogP contribution in [-0.4, -0.2) is 36.6 Å². The number of rotatable bonds is 4. The average Bonchev–Trinajstić information content (AvgIpc) is 2.27. The third-order valence-corrected chi connectivity index (χ3v) is 2.75. The van der Waals surface area contributed by atoms with Crippen LogP contribution >= 0.6 is 0 Å². The summed E-state index contributed by atoms with van der Waals surface area (Å²) in [6.45, 7) is 4.90. The van der Waals surface area contributed by atoms with Crippen molar-refractivity contribution in [3.63, 3.8) is 0 Å². The first-order valence-electron chi connectivity index (χ1n) is 5.44. The van der Waals surface area contributed by atoms with Gasteiger partial charge in [0.05, 0.1) is 18.6 Å². The second-order valence-corrected chi connectivity index (χ2v) is 4.14. The van der Waals surface area contributed by atoms with Gasteiger partial charge >= 0.3 is 5.97 Å². The Morgan fingerprint density at radius 3 is 2.72 bits per heavy atom. The van der Waals surface area contributed by atoms with Gasteiger partial charge in [0.2, 0.25) is 0 Å². The molecule has 1 fully saturated rings. The molecule has 0 spiro atoms. The molecule has 1 saturated heterocycles. The van der Waals surface area contributed by atoms with Crippen molar-refractivity contribution in [1.29, 1.82) is 0 Å². The first-order chi connectivity index (χ1) is 8.33. The molecule has 2 unspecified atom stereocenters. The Morgan fingerprint density at radius 1 is 1.67 bits per heavy atom. The molecule has 0 aromatic rings. The van der Waals surface area contributed by atoms with Gasteiger partial charge in [-0.05, 0) is 13.3 Å². The monoisotopic (exact) mass is 262 g/mol. The van der Waals surface area contributed by atoms with Crippen LogP contribution in [0.1, 0.15) is 19.8 Å². The van der Waals surface area contributed by atoms with Gasteiger partial charge in [0.15, 0.2) is 5.54 Å². The number of aliphatic carboxylic acids is 1. The number of hydrogen-bond acceptors (Lipinski definition) is 5. The molecule has 2 atom stereocenters. The smallest absolute Gasteiger partial charge is 0.332 e. The molecule has 0 amide bonds. The van der Waals surface area contributed by atoms with E-state index < -0.39 is 29.9 Å². The number of hydrogen-bond donors (Lipinski definition) is 1. The first kappa shape index (κ1) is 14.6. The Hall–Kier alpha value is -1.50. The van der Waals surface area contributed by atoms with Crippen LogP contribution in [0.4, 0.5) is 8.78 Å². The van der Waals surface area contributed by atoms with Gasteiger partial charge < -0.3 is 14.6 Å². The second-order valence-electron chi connectivity index (χ2n) is 4.14. The Bertz CT molecular complexity index is 372. The van der Waals surface area contributed by atoms with Crippen LogP contribution < -0.4 is 10.4 Å². The molecular weight excluding hydrogens is 248 g/mol. The molecule has 0 aliphatic carbocycles. The molecule has 1 N–H and O–H groups in total. The van der Waals surface area contributed by atoms with E-state index in [0.717, 1.165) is 0 Å². The summed E-state index contributed by atoms with van der Waals surface area (Å²) < 4.78 is 30.9. The maximum atomic E-state index is 13.1. The van der Waals surface area contributed by atoms with Gasteiger partial charge in [0.1, 0.15) is 0 Å². The molecule has 1 rings (SSSR count). The minimum Gasteiger partial charge on any atom is -0.548 e. The van der Waals surface area contributed by atoms with Gasteiger partial charge in [0.25, 0.3) is 6.43 Å². The molecule has 7 heteroatoms. The maximum Gasteiger partial charge on any atom is 0.332 e. The molecule has 1 aliphatic heterocycles. The summed E-state index contributed by atoms with van der Waals surface area (Å²) in [4.78, 5) is 22.4. The van der Waals surface area contributed by atoms with Crippen LogP contribution in [0.5, 0.6) is 0 Å². The Morgan fingerprint density at radius 2 is 2.28 bits per heavy atom. The van der Waals surface area contributed by atoms with Crippen molar-refractivity contribution in [3.05, 3.63) is 12.2 Å². The summed E-state index contributed by atoms with van der Waals surface area (Å²) in [7, 11) is 0. The van der Waals surface area contributed by atoms with Crippen LogP contribution in [-0.2, 0) is 14.3 Å². The number of alkyl halides is 2. The van der Waals surface area contributed by atoms with Crippen molar-refractivity contribution in [1.82, 2.24) is 5.32 Å². The van der Waals surface area contributed by atoms with Crippen LogP contribution in [0.15, 0.2) is 12.2 Å². The van der Waals surface area contributed by atoms with Gasteiger partial charge in [-0.15, -0.1) is 0 Å². The summed E-state index contributed by atoms with van der Waals surface area (Å²) >= 11 is 0. The lowest BCUT2D eigenvalue weighted by Crippen LogP contribution is -2.67. The molecule has 5 nitrogen and oxygen atoms in total. The lowest BCUT2D eigenvalue weighted by atomic mass is 9.83. The normalized spacial score (nSPS) is 28.2. The Balaban J connectivity index is 3.06. The number of halogens is 2. The average molecular weight is 262 g/mol. The fourth-order valence-corrected chi connectivity index (χ4v) is 1.93. The standard InChI is InChI=1S/C11H15F2NO4/c1-3-18-10(17)11(9(12)13)5-6(2)4-7(14-11)8(15)16/h7,9,14H,2-5H2,1H3,(H,15,16)/p-1. The third kappa shape index (κ3) is 2.66. The number of piperidine rings is 1. The molecule has 0 aromatic heterocycles. The number of carboxylic acids is 1. The lowest BCUT2D eigenvalue weighted by molar-refractivity contribution is -0.309. The first-order valence-corrected chi connectivity index (χ1v) is 5.44. The SMILES string of the molecule is C=C1CC(C(=O)[O-])NC(C(=O)OCC)(C(F)F)C1. The highest BCUT2D eigenvalue weighted by Gasteiger charge is 2.52. The van der Waals surface area contributed by atoms with Crippen LogP contribution in [0, 0.1) is 0 Å². The van der Waals surface area contributed by atoms with Crippen LogP contribution in [0.25, 0.3) is 0 Å². The highest BCUT2D eigenvalue weighted by atomic mass is 19.3. The Labute approximate surface area is 103 Å².